The average Bonchev–Trinajstić information content (AvgIpc) is 3.30. The molecule has 0 saturated carbocycles. The van der Waals surface area contributed by atoms with Gasteiger partial charge < -0.3 is 14.6 Å². The third-order valence-electron chi connectivity index (χ3n) is 5.11. The van der Waals surface area contributed by atoms with E-state index < -0.39 is 30.0 Å². The van der Waals surface area contributed by atoms with E-state index in [0.717, 1.165) is 29.7 Å². The number of unbranched alkanes of at least 4 members (excludes halogenated alkanes) is 1. The normalized spacial score (nSPS) is 18.6. The smallest absolute Gasteiger partial charge is 0.326 e. The number of carbonyl (C=O) groups excluding carboxylic acids is 3. The Kier molecular flexibility index (Phi) is 6.49. The SMILES string of the molecule is CCCC[C@]1(C)NC(=O)N(CC(=O)OCc2nc(-c3ccc(CC)cc3)no2)C1=O. The van der Waals surface area contributed by atoms with Gasteiger partial charge in [0.25, 0.3) is 11.8 Å². The number of aromatic nitrogens is 2. The fourth-order valence-corrected chi connectivity index (χ4v) is 3.23. The molecule has 0 spiro atoms. The van der Waals surface area contributed by atoms with E-state index in [2.05, 4.69) is 22.4 Å². The number of rotatable bonds is 9. The van der Waals surface area contributed by atoms with Crippen molar-refractivity contribution in [3.63, 3.8) is 0 Å². The van der Waals surface area contributed by atoms with Gasteiger partial charge in [-0.1, -0.05) is 56.1 Å². The summed E-state index contributed by atoms with van der Waals surface area (Å²) < 4.78 is 10.2. The van der Waals surface area contributed by atoms with Gasteiger partial charge in [0.2, 0.25) is 5.82 Å². The second-order valence-corrected chi connectivity index (χ2v) is 7.48. The van der Waals surface area contributed by atoms with Gasteiger partial charge >= 0.3 is 12.0 Å². The van der Waals surface area contributed by atoms with Gasteiger partial charge in [0.05, 0.1) is 0 Å². The molecule has 3 amide bonds. The highest BCUT2D eigenvalue weighted by atomic mass is 16.6. The second kappa shape index (κ2) is 9.06. The van der Waals surface area contributed by atoms with E-state index in [4.69, 9.17) is 9.26 Å². The zero-order chi connectivity index (χ0) is 21.7. The summed E-state index contributed by atoms with van der Waals surface area (Å²) in [5, 5.41) is 6.55. The number of amides is 3. The second-order valence-electron chi connectivity index (χ2n) is 7.48. The first kappa shape index (κ1) is 21.5. The Morgan fingerprint density at radius 3 is 2.63 bits per heavy atom. The number of hydrogen-bond donors (Lipinski definition) is 1. The molecule has 30 heavy (non-hydrogen) atoms. The molecule has 1 aliphatic rings. The number of imide groups is 1. The van der Waals surface area contributed by atoms with Crippen molar-refractivity contribution >= 4 is 17.9 Å². The van der Waals surface area contributed by atoms with Crippen LogP contribution in [0.25, 0.3) is 11.4 Å². The van der Waals surface area contributed by atoms with Crippen molar-refractivity contribution in [2.75, 3.05) is 6.54 Å². The molecule has 1 N–H and O–H groups in total. The summed E-state index contributed by atoms with van der Waals surface area (Å²) in [6, 6.07) is 7.17. The van der Waals surface area contributed by atoms with Gasteiger partial charge in [-0.25, -0.2) is 4.79 Å². The highest BCUT2D eigenvalue weighted by Gasteiger charge is 2.47. The van der Waals surface area contributed by atoms with Crippen LogP contribution in [0.5, 0.6) is 0 Å². The third-order valence-corrected chi connectivity index (χ3v) is 5.11. The van der Waals surface area contributed by atoms with Crippen LogP contribution in [0.3, 0.4) is 0 Å². The molecule has 1 aromatic heterocycles. The van der Waals surface area contributed by atoms with Gasteiger partial charge in [-0.2, -0.15) is 4.98 Å². The molecule has 1 saturated heterocycles. The van der Waals surface area contributed by atoms with Crippen molar-refractivity contribution in [2.24, 2.45) is 0 Å². The molecule has 1 atom stereocenters. The van der Waals surface area contributed by atoms with Gasteiger partial charge in [0, 0.05) is 5.56 Å². The lowest BCUT2D eigenvalue weighted by Gasteiger charge is -2.20. The minimum Gasteiger partial charge on any atom is -0.454 e. The molecule has 2 heterocycles. The van der Waals surface area contributed by atoms with Gasteiger partial charge in [-0.3, -0.25) is 14.5 Å². The van der Waals surface area contributed by atoms with Crippen molar-refractivity contribution in [3.05, 3.63) is 35.7 Å². The Morgan fingerprint density at radius 1 is 1.23 bits per heavy atom. The highest BCUT2D eigenvalue weighted by molar-refractivity contribution is 6.08. The Bertz CT molecular complexity index is 924. The van der Waals surface area contributed by atoms with E-state index in [1.165, 1.54) is 5.56 Å². The molecule has 160 valence electrons. The van der Waals surface area contributed by atoms with Gasteiger partial charge in [-0.05, 0) is 25.3 Å². The number of nitrogens with zero attached hydrogens (tertiary/aromatic N) is 3. The molecule has 9 nitrogen and oxygen atoms in total. The quantitative estimate of drug-likeness (QED) is 0.495. The number of ether oxygens (including phenoxy) is 1. The van der Waals surface area contributed by atoms with E-state index in [0.29, 0.717) is 12.2 Å². The standard InChI is InChI=1S/C21H26N4O5/c1-4-6-11-21(3)19(27)25(20(28)23-21)12-17(26)29-13-16-22-18(24-30-16)15-9-7-14(5-2)8-10-15/h7-10H,4-6,11-13H2,1-3H3,(H,23,28)/t21-/m0/s1. The maximum atomic E-state index is 12.6. The van der Waals surface area contributed by atoms with Crippen molar-refractivity contribution in [2.45, 2.75) is 58.6 Å². The summed E-state index contributed by atoms with van der Waals surface area (Å²) in [6.07, 6.45) is 3.14. The van der Waals surface area contributed by atoms with Gasteiger partial charge in [0.1, 0.15) is 12.1 Å². The summed E-state index contributed by atoms with van der Waals surface area (Å²) in [6.45, 7) is 5.03. The molecular weight excluding hydrogens is 388 g/mol. The molecule has 3 rings (SSSR count). The largest absolute Gasteiger partial charge is 0.454 e. The zero-order valence-corrected chi connectivity index (χ0v) is 17.4. The number of urea groups is 1. The van der Waals surface area contributed by atoms with Crippen molar-refractivity contribution < 1.29 is 23.6 Å². The van der Waals surface area contributed by atoms with Gasteiger partial charge in [-0.15, -0.1) is 0 Å². The minimum atomic E-state index is -0.984. The fraction of sp³-hybridized carbons (Fsp3) is 0.476. The predicted octanol–water partition coefficient (Wildman–Crippen LogP) is 2.84. The van der Waals surface area contributed by atoms with Crippen LogP contribution in [0, 0.1) is 0 Å². The van der Waals surface area contributed by atoms with Crippen molar-refractivity contribution in [1.82, 2.24) is 20.4 Å². The number of nitrogens with one attached hydrogen (secondary N) is 1. The molecule has 1 fully saturated rings. The van der Waals surface area contributed by atoms with E-state index in [1.807, 2.05) is 31.2 Å². The van der Waals surface area contributed by atoms with Crippen LogP contribution in [-0.4, -0.2) is 45.0 Å². The van der Waals surface area contributed by atoms with Crippen LogP contribution in [0.4, 0.5) is 4.79 Å². The van der Waals surface area contributed by atoms with Crippen LogP contribution in [0.15, 0.2) is 28.8 Å². The third kappa shape index (κ3) is 4.67. The molecule has 0 bridgehead atoms. The van der Waals surface area contributed by atoms with E-state index >= 15 is 0 Å². The monoisotopic (exact) mass is 414 g/mol. The lowest BCUT2D eigenvalue weighted by atomic mass is 9.95. The van der Waals surface area contributed by atoms with Crippen LogP contribution >= 0.6 is 0 Å². The van der Waals surface area contributed by atoms with Gasteiger partial charge in [0.15, 0.2) is 6.61 Å². The van der Waals surface area contributed by atoms with E-state index in [9.17, 15) is 14.4 Å². The number of aryl methyl sites for hydroxylation is 1. The summed E-state index contributed by atoms with van der Waals surface area (Å²) in [5.74, 6) is -0.633. The number of carbonyl (C=O) groups is 3. The summed E-state index contributed by atoms with van der Waals surface area (Å²) >= 11 is 0. The lowest BCUT2D eigenvalue weighted by molar-refractivity contribution is -0.149. The van der Waals surface area contributed by atoms with Crippen molar-refractivity contribution in [1.29, 1.82) is 0 Å². The Labute approximate surface area is 174 Å². The molecule has 0 radical (unpaired) electrons. The molecule has 2 aromatic rings. The zero-order valence-electron chi connectivity index (χ0n) is 17.4. The summed E-state index contributed by atoms with van der Waals surface area (Å²) in [5.41, 5.74) is 1.00. The van der Waals surface area contributed by atoms with Crippen LogP contribution in [-0.2, 0) is 27.4 Å². The molecule has 0 aliphatic carbocycles. The Balaban J connectivity index is 1.54. The number of benzene rings is 1. The molecule has 9 heteroatoms. The van der Waals surface area contributed by atoms with Crippen LogP contribution in [0.1, 0.15) is 51.5 Å². The first-order valence-electron chi connectivity index (χ1n) is 10.1. The molecule has 1 aromatic carbocycles. The Hall–Kier alpha value is -3.23. The topological polar surface area (TPSA) is 115 Å². The summed E-state index contributed by atoms with van der Waals surface area (Å²) in [7, 11) is 0. The molecular formula is C21H26N4O5. The maximum absolute atomic E-state index is 12.6. The number of esters is 1. The van der Waals surface area contributed by atoms with Crippen molar-refractivity contribution in [3.8, 4) is 11.4 Å². The minimum absolute atomic E-state index is 0.128. The van der Waals surface area contributed by atoms with E-state index in [-0.39, 0.29) is 12.5 Å². The van der Waals surface area contributed by atoms with Crippen LogP contribution < -0.4 is 5.32 Å². The highest BCUT2D eigenvalue weighted by Crippen LogP contribution is 2.23. The lowest BCUT2D eigenvalue weighted by Crippen LogP contribution is -2.44. The number of hydrogen-bond acceptors (Lipinski definition) is 7. The fourth-order valence-electron chi connectivity index (χ4n) is 3.23. The van der Waals surface area contributed by atoms with E-state index in [1.54, 1.807) is 6.92 Å². The Morgan fingerprint density at radius 2 is 1.97 bits per heavy atom. The first-order valence-corrected chi connectivity index (χ1v) is 10.1. The molecule has 1 aliphatic heterocycles. The average molecular weight is 414 g/mol. The summed E-state index contributed by atoms with van der Waals surface area (Å²) in [4.78, 5) is 41.9. The predicted molar refractivity (Wildman–Crippen MR) is 107 cm³/mol. The maximum Gasteiger partial charge on any atom is 0.326 e. The van der Waals surface area contributed by atoms with Crippen LogP contribution in [0.2, 0.25) is 0 Å². The molecule has 0 unspecified atom stereocenters. The first-order chi connectivity index (χ1) is 14.4.